The van der Waals surface area contributed by atoms with Crippen molar-refractivity contribution in [1.29, 1.82) is 0 Å². The molecular formula is C10H12N4O. The average Bonchev–Trinajstić information content (AvgIpc) is 2.75. The Bertz CT molecular complexity index is 412. The second-order valence-electron chi connectivity index (χ2n) is 3.20. The van der Waals surface area contributed by atoms with Crippen LogP contribution in [0.1, 0.15) is 11.4 Å². The van der Waals surface area contributed by atoms with Crippen LogP contribution in [0, 0.1) is 0 Å². The Balaban J connectivity index is 1.99. The van der Waals surface area contributed by atoms with Gasteiger partial charge in [0.1, 0.15) is 12.9 Å². The lowest BCUT2D eigenvalue weighted by atomic mass is 10.2. The molecule has 5 heteroatoms. The van der Waals surface area contributed by atoms with E-state index in [1.807, 2.05) is 16.7 Å². The van der Waals surface area contributed by atoms with Crippen LogP contribution >= 0.6 is 0 Å². The molecule has 2 aromatic heterocycles. The van der Waals surface area contributed by atoms with Crippen molar-refractivity contribution in [2.45, 2.75) is 19.6 Å². The van der Waals surface area contributed by atoms with E-state index in [1.54, 1.807) is 18.7 Å². The number of aryl methyl sites for hydroxylation is 2. The van der Waals surface area contributed by atoms with E-state index in [2.05, 4.69) is 15.2 Å². The first-order chi connectivity index (χ1) is 7.40. The third-order valence-corrected chi connectivity index (χ3v) is 2.23. The molecule has 0 amide bonds. The van der Waals surface area contributed by atoms with Gasteiger partial charge in [-0.15, -0.1) is 10.2 Å². The summed E-state index contributed by atoms with van der Waals surface area (Å²) in [6.07, 6.45) is 6.06. The van der Waals surface area contributed by atoms with E-state index in [1.165, 1.54) is 5.56 Å². The maximum atomic E-state index is 8.97. The normalized spacial score (nSPS) is 10.5. The summed E-state index contributed by atoms with van der Waals surface area (Å²) in [5, 5.41) is 16.5. The average molecular weight is 204 g/mol. The highest BCUT2D eigenvalue weighted by atomic mass is 16.3. The molecule has 0 bridgehead atoms. The van der Waals surface area contributed by atoms with Crippen LogP contribution in [0.5, 0.6) is 0 Å². The van der Waals surface area contributed by atoms with Crippen molar-refractivity contribution in [3.8, 4) is 0 Å². The number of aliphatic hydroxyl groups excluding tert-OH is 1. The van der Waals surface area contributed by atoms with Gasteiger partial charge in [-0.25, -0.2) is 0 Å². The second kappa shape index (κ2) is 4.65. The van der Waals surface area contributed by atoms with Crippen LogP contribution in [0.2, 0.25) is 0 Å². The molecule has 15 heavy (non-hydrogen) atoms. The van der Waals surface area contributed by atoms with Crippen LogP contribution in [0.15, 0.2) is 30.9 Å². The second-order valence-corrected chi connectivity index (χ2v) is 3.20. The Morgan fingerprint density at radius 3 is 2.80 bits per heavy atom. The van der Waals surface area contributed by atoms with Crippen molar-refractivity contribution >= 4 is 0 Å². The van der Waals surface area contributed by atoms with Gasteiger partial charge in [-0.1, -0.05) is 0 Å². The van der Waals surface area contributed by atoms with Crippen molar-refractivity contribution in [3.63, 3.8) is 0 Å². The fourth-order valence-corrected chi connectivity index (χ4v) is 1.39. The molecule has 2 heterocycles. The predicted molar refractivity (Wildman–Crippen MR) is 53.9 cm³/mol. The molecule has 0 aromatic carbocycles. The molecule has 0 aliphatic heterocycles. The molecule has 2 rings (SSSR count). The van der Waals surface area contributed by atoms with Crippen LogP contribution in [-0.2, 0) is 19.6 Å². The molecule has 0 unspecified atom stereocenters. The fraction of sp³-hybridized carbons (Fsp3) is 0.300. The number of hydrogen-bond acceptors (Lipinski definition) is 4. The van der Waals surface area contributed by atoms with Crippen LogP contribution < -0.4 is 0 Å². The summed E-state index contributed by atoms with van der Waals surface area (Å²) in [7, 11) is 0. The monoisotopic (exact) mass is 204 g/mol. The molecule has 0 saturated heterocycles. The van der Waals surface area contributed by atoms with Gasteiger partial charge in [-0.3, -0.25) is 4.98 Å². The highest BCUT2D eigenvalue weighted by molar-refractivity contribution is 5.09. The summed E-state index contributed by atoms with van der Waals surface area (Å²) in [5.41, 5.74) is 1.21. The first-order valence-electron chi connectivity index (χ1n) is 4.76. The zero-order valence-corrected chi connectivity index (χ0v) is 8.24. The van der Waals surface area contributed by atoms with Crippen LogP contribution in [0.4, 0.5) is 0 Å². The van der Waals surface area contributed by atoms with E-state index < -0.39 is 0 Å². The Hall–Kier alpha value is -1.75. The van der Waals surface area contributed by atoms with Crippen LogP contribution in [-0.4, -0.2) is 24.9 Å². The van der Waals surface area contributed by atoms with Gasteiger partial charge in [0.15, 0.2) is 5.82 Å². The van der Waals surface area contributed by atoms with Gasteiger partial charge in [0.25, 0.3) is 0 Å². The lowest BCUT2D eigenvalue weighted by Crippen LogP contribution is -2.05. The maximum absolute atomic E-state index is 8.97. The fourth-order valence-electron chi connectivity index (χ4n) is 1.39. The molecule has 0 spiro atoms. The molecule has 0 aliphatic carbocycles. The quantitative estimate of drug-likeness (QED) is 0.783. The molecular weight excluding hydrogens is 192 g/mol. The zero-order valence-electron chi connectivity index (χ0n) is 8.24. The summed E-state index contributed by atoms with van der Waals surface area (Å²) in [6, 6.07) is 3.95. The molecule has 0 saturated carbocycles. The molecule has 5 nitrogen and oxygen atoms in total. The minimum Gasteiger partial charge on any atom is -0.388 e. The highest BCUT2D eigenvalue weighted by Crippen LogP contribution is 2.02. The summed E-state index contributed by atoms with van der Waals surface area (Å²) >= 11 is 0. The first kappa shape index (κ1) is 9.79. The lowest BCUT2D eigenvalue weighted by Gasteiger charge is -2.04. The van der Waals surface area contributed by atoms with Gasteiger partial charge in [0, 0.05) is 18.9 Å². The van der Waals surface area contributed by atoms with Gasteiger partial charge in [0.2, 0.25) is 0 Å². The van der Waals surface area contributed by atoms with E-state index in [9.17, 15) is 0 Å². The topological polar surface area (TPSA) is 63.8 Å². The molecule has 1 N–H and O–H groups in total. The Labute approximate surface area is 87.4 Å². The van der Waals surface area contributed by atoms with Gasteiger partial charge in [-0.2, -0.15) is 0 Å². The summed E-state index contributed by atoms with van der Waals surface area (Å²) in [4.78, 5) is 3.95. The molecule has 0 radical (unpaired) electrons. The Kier molecular flexibility index (Phi) is 3.04. The van der Waals surface area contributed by atoms with Crippen LogP contribution in [0.25, 0.3) is 0 Å². The lowest BCUT2D eigenvalue weighted by molar-refractivity contribution is 0.264. The smallest absolute Gasteiger partial charge is 0.158 e. The van der Waals surface area contributed by atoms with Crippen molar-refractivity contribution < 1.29 is 5.11 Å². The Morgan fingerprint density at radius 2 is 2.07 bits per heavy atom. The first-order valence-corrected chi connectivity index (χ1v) is 4.76. The summed E-state index contributed by atoms with van der Waals surface area (Å²) in [6.45, 7) is 0.698. The Morgan fingerprint density at radius 1 is 1.27 bits per heavy atom. The minimum absolute atomic E-state index is 0.0731. The maximum Gasteiger partial charge on any atom is 0.158 e. The minimum atomic E-state index is -0.0731. The van der Waals surface area contributed by atoms with Gasteiger partial charge in [0.05, 0.1) is 0 Å². The van der Waals surface area contributed by atoms with Crippen molar-refractivity contribution in [2.75, 3.05) is 0 Å². The van der Waals surface area contributed by atoms with E-state index in [0.29, 0.717) is 5.82 Å². The third-order valence-electron chi connectivity index (χ3n) is 2.23. The number of hydrogen-bond donors (Lipinski definition) is 1. The number of rotatable bonds is 4. The third kappa shape index (κ3) is 2.38. The van der Waals surface area contributed by atoms with Crippen molar-refractivity contribution in [1.82, 2.24) is 19.7 Å². The van der Waals surface area contributed by atoms with E-state index in [0.717, 1.165) is 13.0 Å². The van der Waals surface area contributed by atoms with Gasteiger partial charge in [-0.05, 0) is 24.1 Å². The van der Waals surface area contributed by atoms with Gasteiger partial charge < -0.3 is 9.67 Å². The van der Waals surface area contributed by atoms with Crippen LogP contribution in [0.3, 0.4) is 0 Å². The molecule has 0 atom stereocenters. The van der Waals surface area contributed by atoms with Gasteiger partial charge >= 0.3 is 0 Å². The molecule has 78 valence electrons. The highest BCUT2D eigenvalue weighted by Gasteiger charge is 2.01. The summed E-state index contributed by atoms with van der Waals surface area (Å²) < 4.78 is 1.85. The SMILES string of the molecule is OCc1nncn1CCc1ccncc1. The zero-order chi connectivity index (χ0) is 10.5. The van der Waals surface area contributed by atoms with E-state index in [4.69, 9.17) is 5.11 Å². The predicted octanol–water partition coefficient (Wildman–Crippen LogP) is 0.408. The molecule has 0 fully saturated rings. The van der Waals surface area contributed by atoms with Crippen molar-refractivity contribution in [2.24, 2.45) is 0 Å². The van der Waals surface area contributed by atoms with Crippen molar-refractivity contribution in [3.05, 3.63) is 42.2 Å². The standard InChI is InChI=1S/C10H12N4O/c15-7-10-13-12-8-14(10)6-3-9-1-4-11-5-2-9/h1-2,4-5,8,15H,3,6-7H2. The number of pyridine rings is 1. The largest absolute Gasteiger partial charge is 0.388 e. The molecule has 2 aromatic rings. The number of aromatic nitrogens is 4. The molecule has 0 aliphatic rings. The summed E-state index contributed by atoms with van der Waals surface area (Å²) in [5.74, 6) is 0.601. The van der Waals surface area contributed by atoms with E-state index in [-0.39, 0.29) is 6.61 Å². The van der Waals surface area contributed by atoms with E-state index >= 15 is 0 Å². The number of aliphatic hydroxyl groups is 1. The number of nitrogens with zero attached hydrogens (tertiary/aromatic N) is 4.